The van der Waals surface area contributed by atoms with Gasteiger partial charge in [-0.25, -0.2) is 0 Å². The molecule has 0 aromatic heterocycles. The summed E-state index contributed by atoms with van der Waals surface area (Å²) in [5.41, 5.74) is 0. The first-order valence-corrected chi connectivity index (χ1v) is 9.05. The first kappa shape index (κ1) is 16.7. The number of esters is 1. The van der Waals surface area contributed by atoms with Crippen LogP contribution in [-0.2, 0) is 9.53 Å². The maximum absolute atomic E-state index is 12.6. The first-order valence-electron chi connectivity index (χ1n) is 9.05. The topological polar surface area (TPSA) is 72.7 Å². The molecule has 4 unspecified atom stereocenters. The highest BCUT2D eigenvalue weighted by atomic mass is 16.6. The Morgan fingerprint density at radius 2 is 1.91 bits per heavy atom. The van der Waals surface area contributed by atoms with Crippen molar-refractivity contribution in [1.29, 1.82) is 0 Å². The van der Waals surface area contributed by atoms with Crippen LogP contribution < -0.4 is 0 Å². The fraction of sp³-hybridized carbons (Fsp3) is 0.941. The molecule has 130 valence electrons. The fourth-order valence-corrected chi connectivity index (χ4v) is 5.30. The molecule has 0 amide bonds. The molecule has 3 rings (SSSR count). The Hall–Kier alpha value is -1.17. The third-order valence-electron chi connectivity index (χ3n) is 6.52. The normalized spacial score (nSPS) is 40.8. The Morgan fingerprint density at radius 1 is 1.22 bits per heavy atom. The Kier molecular flexibility index (Phi) is 4.90. The van der Waals surface area contributed by atoms with Crippen molar-refractivity contribution in [1.82, 2.24) is 4.90 Å². The molecule has 1 aliphatic carbocycles. The predicted molar refractivity (Wildman–Crippen MR) is 85.5 cm³/mol. The molecule has 2 bridgehead atoms. The number of rotatable bonds is 4. The molecule has 3 aliphatic rings. The molecular weight excluding hydrogens is 296 g/mol. The van der Waals surface area contributed by atoms with Gasteiger partial charge in [0.05, 0.1) is 12.5 Å². The maximum atomic E-state index is 12.6. The summed E-state index contributed by atoms with van der Waals surface area (Å²) in [6.07, 6.45) is 6.38. The van der Waals surface area contributed by atoms with Crippen LogP contribution in [0.15, 0.2) is 0 Å². The fourth-order valence-electron chi connectivity index (χ4n) is 5.30. The number of piperidine rings is 1. The minimum atomic E-state index is -0.379. The van der Waals surface area contributed by atoms with E-state index in [0.29, 0.717) is 43.4 Å². The van der Waals surface area contributed by atoms with Crippen LogP contribution in [0.3, 0.4) is 0 Å². The van der Waals surface area contributed by atoms with Crippen LogP contribution >= 0.6 is 0 Å². The van der Waals surface area contributed by atoms with Crippen molar-refractivity contribution in [3.8, 4) is 0 Å². The second kappa shape index (κ2) is 6.75. The molecule has 0 aromatic carbocycles. The third-order valence-corrected chi connectivity index (χ3v) is 6.52. The zero-order chi connectivity index (χ0) is 16.6. The highest BCUT2D eigenvalue weighted by Gasteiger charge is 2.51. The lowest BCUT2D eigenvalue weighted by Crippen LogP contribution is -2.52. The van der Waals surface area contributed by atoms with Crippen LogP contribution in [0.1, 0.15) is 51.9 Å². The molecule has 0 radical (unpaired) electrons. The van der Waals surface area contributed by atoms with Gasteiger partial charge in [-0.15, -0.1) is 0 Å². The third kappa shape index (κ3) is 3.10. The number of hydrogen-bond donors (Lipinski definition) is 0. The number of carbonyl (C=O) groups is 1. The number of fused-ring (bicyclic) bond motifs is 2. The number of nitro groups is 1. The predicted octanol–water partition coefficient (Wildman–Crippen LogP) is 2.48. The van der Waals surface area contributed by atoms with Gasteiger partial charge < -0.3 is 4.74 Å². The van der Waals surface area contributed by atoms with Gasteiger partial charge in [0, 0.05) is 29.8 Å². The lowest BCUT2D eigenvalue weighted by Gasteiger charge is -2.45. The largest absolute Gasteiger partial charge is 0.466 e. The standard InChI is InChI=1S/C17H28N2O4/c1-3-23-17(20)16-14(10-13-8-9-15(16)18(13)2)11-4-6-12(7-5-11)19(21)22/h11-16H,3-10H2,1-2H3. The lowest BCUT2D eigenvalue weighted by molar-refractivity contribution is -0.527. The summed E-state index contributed by atoms with van der Waals surface area (Å²) in [6, 6.07) is 0.491. The second-order valence-corrected chi connectivity index (χ2v) is 7.50. The zero-order valence-corrected chi connectivity index (χ0v) is 14.1. The summed E-state index contributed by atoms with van der Waals surface area (Å²) in [5.74, 6) is 0.690. The van der Waals surface area contributed by atoms with Crippen LogP contribution in [0.4, 0.5) is 0 Å². The minimum Gasteiger partial charge on any atom is -0.466 e. The van der Waals surface area contributed by atoms with E-state index >= 15 is 0 Å². The molecule has 6 heteroatoms. The van der Waals surface area contributed by atoms with Gasteiger partial charge in [0.1, 0.15) is 0 Å². The highest BCUT2D eigenvalue weighted by molar-refractivity contribution is 5.74. The zero-order valence-electron chi connectivity index (χ0n) is 14.1. The first-order chi connectivity index (χ1) is 11.0. The van der Waals surface area contributed by atoms with E-state index in [4.69, 9.17) is 4.74 Å². The van der Waals surface area contributed by atoms with Gasteiger partial charge in [0.15, 0.2) is 0 Å². The monoisotopic (exact) mass is 324 g/mol. The van der Waals surface area contributed by atoms with Crippen LogP contribution in [0.2, 0.25) is 0 Å². The summed E-state index contributed by atoms with van der Waals surface area (Å²) < 4.78 is 5.39. The SMILES string of the molecule is CCOC(=O)C1C(C2CCC([N+](=O)[O-])CC2)CC2CCC1N2C. The lowest BCUT2D eigenvalue weighted by atomic mass is 9.68. The number of nitrogens with zero attached hydrogens (tertiary/aromatic N) is 2. The van der Waals surface area contributed by atoms with Gasteiger partial charge in [0.2, 0.25) is 6.04 Å². The van der Waals surface area contributed by atoms with Crippen molar-refractivity contribution in [2.75, 3.05) is 13.7 Å². The van der Waals surface area contributed by atoms with Crippen molar-refractivity contribution in [3.05, 3.63) is 10.1 Å². The number of ether oxygens (including phenoxy) is 1. The van der Waals surface area contributed by atoms with Gasteiger partial charge in [-0.05, 0) is 57.9 Å². The van der Waals surface area contributed by atoms with Gasteiger partial charge in [0.25, 0.3) is 0 Å². The Balaban J connectivity index is 1.74. The molecular formula is C17H28N2O4. The van der Waals surface area contributed by atoms with Crippen molar-refractivity contribution in [3.63, 3.8) is 0 Å². The molecule has 0 aromatic rings. The Morgan fingerprint density at radius 3 is 2.52 bits per heavy atom. The minimum absolute atomic E-state index is 0.0455. The van der Waals surface area contributed by atoms with Crippen molar-refractivity contribution >= 4 is 5.97 Å². The molecule has 3 fully saturated rings. The average molecular weight is 324 g/mol. The van der Waals surface area contributed by atoms with Crippen molar-refractivity contribution < 1.29 is 14.5 Å². The van der Waals surface area contributed by atoms with Crippen LogP contribution in [0.25, 0.3) is 0 Å². The number of carbonyl (C=O) groups excluding carboxylic acids is 1. The summed E-state index contributed by atoms with van der Waals surface area (Å²) in [5, 5.41) is 11.0. The van der Waals surface area contributed by atoms with E-state index in [0.717, 1.165) is 32.1 Å². The van der Waals surface area contributed by atoms with E-state index in [1.165, 1.54) is 0 Å². The van der Waals surface area contributed by atoms with Gasteiger partial charge >= 0.3 is 5.97 Å². The number of hydrogen-bond acceptors (Lipinski definition) is 5. The van der Waals surface area contributed by atoms with E-state index in [1.807, 2.05) is 6.92 Å². The van der Waals surface area contributed by atoms with Crippen molar-refractivity contribution in [2.45, 2.75) is 70.0 Å². The van der Waals surface area contributed by atoms with E-state index in [1.54, 1.807) is 0 Å². The summed E-state index contributed by atoms with van der Waals surface area (Å²) >= 11 is 0. The van der Waals surface area contributed by atoms with E-state index in [-0.39, 0.29) is 22.9 Å². The molecule has 1 saturated carbocycles. The van der Waals surface area contributed by atoms with Crippen LogP contribution in [0, 0.1) is 27.9 Å². The van der Waals surface area contributed by atoms with Crippen LogP contribution in [-0.4, -0.2) is 47.6 Å². The molecule has 2 heterocycles. The van der Waals surface area contributed by atoms with Gasteiger partial charge in [-0.1, -0.05) is 0 Å². The van der Waals surface area contributed by atoms with Crippen LogP contribution in [0.5, 0.6) is 0 Å². The Labute approximate surface area is 137 Å². The summed E-state index contributed by atoms with van der Waals surface area (Å²) in [4.78, 5) is 25.8. The van der Waals surface area contributed by atoms with E-state index < -0.39 is 0 Å². The molecule has 2 aliphatic heterocycles. The highest BCUT2D eigenvalue weighted by Crippen LogP contribution is 2.48. The smallest absolute Gasteiger partial charge is 0.310 e. The molecule has 2 saturated heterocycles. The second-order valence-electron chi connectivity index (χ2n) is 7.50. The van der Waals surface area contributed by atoms with E-state index in [2.05, 4.69) is 11.9 Å². The van der Waals surface area contributed by atoms with E-state index in [9.17, 15) is 14.9 Å². The molecule has 0 N–H and O–H groups in total. The van der Waals surface area contributed by atoms with Gasteiger partial charge in [-0.2, -0.15) is 0 Å². The van der Waals surface area contributed by atoms with Crippen molar-refractivity contribution in [2.24, 2.45) is 17.8 Å². The Bertz CT molecular complexity index is 462. The molecule has 6 nitrogen and oxygen atoms in total. The molecule has 23 heavy (non-hydrogen) atoms. The summed E-state index contributed by atoms with van der Waals surface area (Å²) in [7, 11) is 2.13. The molecule has 0 spiro atoms. The van der Waals surface area contributed by atoms with Gasteiger partial charge in [-0.3, -0.25) is 19.8 Å². The quantitative estimate of drug-likeness (QED) is 0.451. The summed E-state index contributed by atoms with van der Waals surface area (Å²) in [6.45, 7) is 2.29. The molecule has 4 atom stereocenters. The maximum Gasteiger partial charge on any atom is 0.310 e. The average Bonchev–Trinajstić information content (AvgIpc) is 2.78.